The summed E-state index contributed by atoms with van der Waals surface area (Å²) >= 11 is 0. The molecule has 1 aromatic rings. The molecule has 1 aromatic carbocycles. The molecule has 0 amide bonds. The van der Waals surface area contributed by atoms with Crippen molar-refractivity contribution in [1.82, 2.24) is 0 Å². The molecule has 2 heteroatoms. The third-order valence-electron chi connectivity index (χ3n) is 2.04. The van der Waals surface area contributed by atoms with Crippen molar-refractivity contribution >= 4 is 5.69 Å². The molecule has 0 spiro atoms. The molecular weight excluding hydrogens is 141 g/mol. The van der Waals surface area contributed by atoms with Crippen LogP contribution in [0.1, 0.15) is 11.1 Å². The van der Waals surface area contributed by atoms with Gasteiger partial charge in [-0.1, -0.05) is 12.1 Å². The molecule has 1 aliphatic rings. The molecule has 1 N–H and O–H groups in total. The molecule has 0 saturated carbocycles. The van der Waals surface area contributed by atoms with Gasteiger partial charge in [0.1, 0.15) is 6.67 Å². The molecule has 1 nitrogen and oxygen atoms in total. The van der Waals surface area contributed by atoms with E-state index in [-0.39, 0.29) is 6.67 Å². The topological polar surface area (TPSA) is 12.0 Å². The number of anilines is 1. The minimum absolute atomic E-state index is 0.366. The van der Waals surface area contributed by atoms with Gasteiger partial charge >= 0.3 is 0 Å². The number of nitrogens with one attached hydrogen (secondary N) is 1. The highest BCUT2D eigenvalue weighted by Gasteiger charge is 2.08. The first-order chi connectivity index (χ1) is 5.40. The number of benzene rings is 1. The lowest BCUT2D eigenvalue weighted by atomic mass is 10.1. The number of hydrogen-bond acceptors (Lipinski definition) is 1. The third-order valence-corrected chi connectivity index (χ3v) is 2.04. The van der Waals surface area contributed by atoms with Crippen LogP contribution in [-0.2, 0) is 13.1 Å². The molecule has 0 radical (unpaired) electrons. The van der Waals surface area contributed by atoms with Crippen LogP contribution >= 0.6 is 0 Å². The van der Waals surface area contributed by atoms with E-state index in [0.717, 1.165) is 24.2 Å². The van der Waals surface area contributed by atoms with E-state index in [2.05, 4.69) is 5.32 Å². The maximum Gasteiger partial charge on any atom is 0.115 e. The monoisotopic (exact) mass is 151 g/mol. The van der Waals surface area contributed by atoms with Crippen LogP contribution in [0.5, 0.6) is 0 Å². The highest BCUT2D eigenvalue weighted by atomic mass is 19.1. The molecule has 0 bridgehead atoms. The van der Waals surface area contributed by atoms with Gasteiger partial charge in [-0.15, -0.1) is 0 Å². The predicted octanol–water partition coefficient (Wildman–Crippen LogP) is 2.12. The summed E-state index contributed by atoms with van der Waals surface area (Å²) in [5.74, 6) is 0. The Labute approximate surface area is 65.2 Å². The zero-order valence-corrected chi connectivity index (χ0v) is 6.23. The van der Waals surface area contributed by atoms with E-state index in [9.17, 15) is 4.39 Å². The zero-order chi connectivity index (χ0) is 7.68. The van der Waals surface area contributed by atoms with Crippen molar-refractivity contribution in [2.24, 2.45) is 0 Å². The lowest BCUT2D eigenvalue weighted by Gasteiger charge is -2.00. The van der Waals surface area contributed by atoms with Gasteiger partial charge < -0.3 is 5.32 Å². The van der Waals surface area contributed by atoms with Crippen molar-refractivity contribution in [2.45, 2.75) is 13.1 Å². The maximum absolute atomic E-state index is 12.2. The van der Waals surface area contributed by atoms with Crippen molar-refractivity contribution in [3.05, 3.63) is 29.3 Å². The second-order valence-electron chi connectivity index (χ2n) is 2.80. The third kappa shape index (κ3) is 1.09. The Morgan fingerprint density at radius 3 is 3.18 bits per heavy atom. The van der Waals surface area contributed by atoms with Crippen LogP contribution in [0.3, 0.4) is 0 Å². The van der Waals surface area contributed by atoms with Gasteiger partial charge in [0.15, 0.2) is 0 Å². The molecule has 11 heavy (non-hydrogen) atoms. The van der Waals surface area contributed by atoms with Gasteiger partial charge in [-0.2, -0.15) is 0 Å². The Bertz CT molecular complexity index is 270. The quantitative estimate of drug-likeness (QED) is 0.648. The van der Waals surface area contributed by atoms with E-state index in [1.165, 1.54) is 5.56 Å². The number of halogens is 1. The molecule has 0 unspecified atom stereocenters. The fourth-order valence-corrected chi connectivity index (χ4v) is 1.42. The van der Waals surface area contributed by atoms with Crippen LogP contribution in [0.4, 0.5) is 10.1 Å². The fraction of sp³-hybridized carbons (Fsp3) is 0.333. The Balaban J connectivity index is 2.41. The van der Waals surface area contributed by atoms with Crippen LogP contribution < -0.4 is 5.32 Å². The van der Waals surface area contributed by atoms with E-state index in [1.54, 1.807) is 0 Å². The minimum Gasteiger partial charge on any atom is -0.384 e. The summed E-state index contributed by atoms with van der Waals surface area (Å²) in [6, 6.07) is 5.75. The Hall–Kier alpha value is -1.05. The van der Waals surface area contributed by atoms with E-state index in [4.69, 9.17) is 0 Å². The van der Waals surface area contributed by atoms with E-state index < -0.39 is 0 Å². The molecular formula is C9H10FN. The van der Waals surface area contributed by atoms with Crippen LogP contribution in [0.2, 0.25) is 0 Å². The van der Waals surface area contributed by atoms with E-state index in [0.29, 0.717) is 0 Å². The van der Waals surface area contributed by atoms with Gasteiger partial charge in [0.2, 0.25) is 0 Å². The van der Waals surface area contributed by atoms with Gasteiger partial charge in [0, 0.05) is 12.2 Å². The van der Waals surface area contributed by atoms with Gasteiger partial charge in [-0.05, 0) is 23.6 Å². The summed E-state index contributed by atoms with van der Waals surface area (Å²) in [7, 11) is 0. The summed E-state index contributed by atoms with van der Waals surface area (Å²) < 4.78 is 12.2. The van der Waals surface area contributed by atoms with E-state index in [1.807, 2.05) is 18.2 Å². The molecule has 0 atom stereocenters. The van der Waals surface area contributed by atoms with Crippen molar-refractivity contribution < 1.29 is 4.39 Å². The molecule has 0 saturated heterocycles. The Morgan fingerprint density at radius 1 is 1.45 bits per heavy atom. The van der Waals surface area contributed by atoms with Crippen LogP contribution in [0.15, 0.2) is 18.2 Å². The number of fused-ring (bicyclic) bond motifs is 1. The van der Waals surface area contributed by atoms with Crippen LogP contribution in [0, 0.1) is 0 Å². The zero-order valence-electron chi connectivity index (χ0n) is 6.23. The first-order valence-electron chi connectivity index (χ1n) is 3.82. The van der Waals surface area contributed by atoms with Gasteiger partial charge in [-0.3, -0.25) is 0 Å². The SMILES string of the molecule is FCc1ccc2c(c1)NCC2. The van der Waals surface area contributed by atoms with Gasteiger partial charge in [0.05, 0.1) is 0 Å². The van der Waals surface area contributed by atoms with Gasteiger partial charge in [0.25, 0.3) is 0 Å². The predicted molar refractivity (Wildman–Crippen MR) is 43.4 cm³/mol. The van der Waals surface area contributed by atoms with Crippen molar-refractivity contribution in [3.8, 4) is 0 Å². The summed E-state index contributed by atoms with van der Waals surface area (Å²) in [6.07, 6.45) is 1.07. The number of hydrogen-bond donors (Lipinski definition) is 1. The summed E-state index contributed by atoms with van der Waals surface area (Å²) in [4.78, 5) is 0. The molecule has 0 aliphatic carbocycles. The minimum atomic E-state index is -0.366. The first-order valence-corrected chi connectivity index (χ1v) is 3.82. The van der Waals surface area contributed by atoms with Gasteiger partial charge in [-0.25, -0.2) is 4.39 Å². The average Bonchev–Trinajstić information content (AvgIpc) is 2.50. The number of rotatable bonds is 1. The maximum atomic E-state index is 12.2. The largest absolute Gasteiger partial charge is 0.384 e. The second kappa shape index (κ2) is 2.53. The Kier molecular flexibility index (Phi) is 1.53. The molecule has 1 heterocycles. The van der Waals surface area contributed by atoms with Crippen LogP contribution in [-0.4, -0.2) is 6.54 Å². The molecule has 2 rings (SSSR count). The average molecular weight is 151 g/mol. The highest BCUT2D eigenvalue weighted by molar-refractivity contribution is 5.56. The molecule has 1 aliphatic heterocycles. The number of alkyl halides is 1. The van der Waals surface area contributed by atoms with E-state index >= 15 is 0 Å². The smallest absolute Gasteiger partial charge is 0.115 e. The van der Waals surface area contributed by atoms with Crippen molar-refractivity contribution in [3.63, 3.8) is 0 Å². The molecule has 58 valence electrons. The first kappa shape index (κ1) is 6.65. The highest BCUT2D eigenvalue weighted by Crippen LogP contribution is 2.23. The lowest BCUT2D eigenvalue weighted by Crippen LogP contribution is -1.91. The lowest BCUT2D eigenvalue weighted by molar-refractivity contribution is 0.485. The van der Waals surface area contributed by atoms with Crippen molar-refractivity contribution in [1.29, 1.82) is 0 Å². The summed E-state index contributed by atoms with van der Waals surface area (Å²) in [5, 5.41) is 3.21. The molecule has 0 fully saturated rings. The Morgan fingerprint density at radius 2 is 2.36 bits per heavy atom. The molecule has 0 aromatic heterocycles. The van der Waals surface area contributed by atoms with Crippen LogP contribution in [0.25, 0.3) is 0 Å². The second-order valence-corrected chi connectivity index (χ2v) is 2.80. The van der Waals surface area contributed by atoms with Crippen molar-refractivity contribution in [2.75, 3.05) is 11.9 Å². The summed E-state index contributed by atoms with van der Waals surface area (Å²) in [5.41, 5.74) is 3.18. The standard InChI is InChI=1S/C9H10FN/c10-6-7-1-2-8-3-4-11-9(8)5-7/h1-2,5,11H,3-4,6H2. The summed E-state index contributed by atoms with van der Waals surface area (Å²) in [6.45, 7) is 0.625. The fourth-order valence-electron chi connectivity index (χ4n) is 1.42. The normalized spacial score (nSPS) is 14.3.